The van der Waals surface area contributed by atoms with Gasteiger partial charge in [-0.25, -0.2) is 0 Å². The first-order chi connectivity index (χ1) is 23.4. The van der Waals surface area contributed by atoms with Crippen LogP contribution in [0.2, 0.25) is 0 Å². The summed E-state index contributed by atoms with van der Waals surface area (Å²) in [4.78, 5) is 34.4. The van der Waals surface area contributed by atoms with E-state index < -0.39 is 0 Å². The van der Waals surface area contributed by atoms with E-state index in [9.17, 15) is 9.59 Å². The van der Waals surface area contributed by atoms with Gasteiger partial charge in [0.2, 0.25) is 11.8 Å². The van der Waals surface area contributed by atoms with Crippen LogP contribution in [-0.2, 0) is 16.0 Å². The Morgan fingerprint density at radius 3 is 2.10 bits per heavy atom. The average Bonchev–Trinajstić information content (AvgIpc) is 3.09. The Morgan fingerprint density at radius 1 is 0.833 bits per heavy atom. The fraction of sp³-hybridized carbons (Fsp3) is 0.150. The molecule has 242 valence electrons. The molecule has 0 aliphatic carbocycles. The third-order valence-corrected chi connectivity index (χ3v) is 10.2. The van der Waals surface area contributed by atoms with Crippen molar-refractivity contribution in [3.8, 4) is 0 Å². The van der Waals surface area contributed by atoms with Crippen molar-refractivity contribution in [1.82, 2.24) is 9.97 Å². The molecule has 1 atom stereocenters. The summed E-state index contributed by atoms with van der Waals surface area (Å²) in [5.41, 5.74) is 6.11. The smallest absolute Gasteiger partial charge is 0.229 e. The van der Waals surface area contributed by atoms with Crippen molar-refractivity contribution in [1.29, 1.82) is 0 Å². The van der Waals surface area contributed by atoms with Gasteiger partial charge in [-0.05, 0) is 112 Å². The number of nitrogens with one attached hydrogen (secondary N) is 1. The Hall–Kier alpha value is -4.16. The molecular formula is C40H36I2N4O2. The van der Waals surface area contributed by atoms with Gasteiger partial charge in [0.05, 0.1) is 22.4 Å². The summed E-state index contributed by atoms with van der Waals surface area (Å²) in [6.07, 6.45) is 7.99. The van der Waals surface area contributed by atoms with Crippen molar-refractivity contribution in [2.75, 3.05) is 10.2 Å². The number of carbonyl (C=O) groups is 2. The number of β-lactam (4-membered cyclic amide) rings is 1. The number of aromatic nitrogens is 2. The molecule has 8 heteroatoms. The molecule has 1 N–H and O–H groups in total. The lowest BCUT2D eigenvalue weighted by atomic mass is 9.93. The molecule has 6 aromatic rings. The van der Waals surface area contributed by atoms with Crippen molar-refractivity contribution in [2.45, 2.75) is 38.6 Å². The van der Waals surface area contributed by atoms with Crippen LogP contribution in [0.4, 0.5) is 11.4 Å². The minimum absolute atomic E-state index is 0.0758. The van der Waals surface area contributed by atoms with Gasteiger partial charge in [-0.1, -0.05) is 78.9 Å². The lowest BCUT2D eigenvalue weighted by Gasteiger charge is -2.41. The molecule has 1 aliphatic rings. The third kappa shape index (κ3) is 9.04. The predicted octanol–water partition coefficient (Wildman–Crippen LogP) is 9.93. The maximum absolute atomic E-state index is 12.3. The molecule has 7 rings (SSSR count). The van der Waals surface area contributed by atoms with E-state index in [4.69, 9.17) is 0 Å². The van der Waals surface area contributed by atoms with Gasteiger partial charge in [0, 0.05) is 49.2 Å². The molecule has 1 unspecified atom stereocenters. The van der Waals surface area contributed by atoms with Crippen LogP contribution in [0.1, 0.15) is 30.4 Å². The van der Waals surface area contributed by atoms with Crippen LogP contribution in [0.15, 0.2) is 134 Å². The van der Waals surface area contributed by atoms with Gasteiger partial charge in [-0.2, -0.15) is 0 Å². The Kier molecular flexibility index (Phi) is 12.7. The summed E-state index contributed by atoms with van der Waals surface area (Å²) >= 11 is 4.70. The average molecular weight is 859 g/mol. The van der Waals surface area contributed by atoms with Gasteiger partial charge in [-0.3, -0.25) is 19.6 Å². The lowest BCUT2D eigenvalue weighted by molar-refractivity contribution is -0.124. The topological polar surface area (TPSA) is 75.2 Å². The van der Waals surface area contributed by atoms with Gasteiger partial charge in [0.1, 0.15) is 0 Å². The van der Waals surface area contributed by atoms with Crippen molar-refractivity contribution in [3.05, 3.63) is 153 Å². The minimum Gasteiger partial charge on any atom is -0.324 e. The van der Waals surface area contributed by atoms with E-state index >= 15 is 0 Å². The number of pyridine rings is 2. The zero-order valence-corrected chi connectivity index (χ0v) is 31.0. The van der Waals surface area contributed by atoms with Gasteiger partial charge >= 0.3 is 0 Å². The first kappa shape index (κ1) is 35.2. The van der Waals surface area contributed by atoms with E-state index in [0.717, 1.165) is 46.0 Å². The van der Waals surface area contributed by atoms with Crippen molar-refractivity contribution < 1.29 is 9.59 Å². The minimum atomic E-state index is -0.0758. The van der Waals surface area contributed by atoms with Gasteiger partial charge in [0.25, 0.3) is 0 Å². The van der Waals surface area contributed by atoms with Crippen molar-refractivity contribution >= 4 is 90.2 Å². The zero-order valence-electron chi connectivity index (χ0n) is 26.7. The first-order valence-electron chi connectivity index (χ1n) is 15.7. The predicted molar refractivity (Wildman–Crippen MR) is 214 cm³/mol. The van der Waals surface area contributed by atoms with Crippen LogP contribution in [0.25, 0.3) is 21.8 Å². The Bertz CT molecular complexity index is 2020. The molecule has 6 nitrogen and oxygen atoms in total. The Morgan fingerprint density at radius 2 is 1.46 bits per heavy atom. The van der Waals surface area contributed by atoms with Gasteiger partial charge in [0.15, 0.2) is 0 Å². The number of hydrogen-bond donors (Lipinski definition) is 1. The van der Waals surface area contributed by atoms with Crippen LogP contribution in [0.3, 0.4) is 0 Å². The molecule has 1 saturated heterocycles. The summed E-state index contributed by atoms with van der Waals surface area (Å²) in [6.45, 7) is 5.64. The van der Waals surface area contributed by atoms with E-state index in [1.807, 2.05) is 65.6 Å². The number of nitrogens with zero attached hydrogens (tertiary/aromatic N) is 3. The van der Waals surface area contributed by atoms with E-state index in [1.165, 1.54) is 18.3 Å². The fourth-order valence-electron chi connectivity index (χ4n) is 5.44. The molecule has 1 fully saturated rings. The quantitative estimate of drug-likeness (QED) is 0.0986. The Balaban J connectivity index is 0.000000161. The fourth-order valence-corrected chi connectivity index (χ4v) is 6.48. The second kappa shape index (κ2) is 17.3. The van der Waals surface area contributed by atoms with Crippen LogP contribution in [0, 0.1) is 14.1 Å². The molecular weight excluding hydrogens is 822 g/mol. The normalized spacial score (nSPS) is 13.4. The highest BCUT2D eigenvalue weighted by Gasteiger charge is 2.37. The molecule has 2 aromatic heterocycles. The number of benzene rings is 4. The largest absolute Gasteiger partial charge is 0.324 e. The highest BCUT2D eigenvalue weighted by molar-refractivity contribution is 14.1. The second-order valence-corrected chi connectivity index (χ2v) is 13.6. The maximum Gasteiger partial charge on any atom is 0.229 e. The van der Waals surface area contributed by atoms with Crippen LogP contribution >= 0.6 is 45.2 Å². The number of carbonyl (C=O) groups excluding carboxylic acids is 2. The summed E-state index contributed by atoms with van der Waals surface area (Å²) in [7, 11) is 0. The summed E-state index contributed by atoms with van der Waals surface area (Å²) in [6, 6.07) is 36.6. The van der Waals surface area contributed by atoms with E-state index in [2.05, 4.69) is 123 Å². The second-order valence-electron chi connectivity index (χ2n) is 11.3. The number of aryl methyl sites for hydroxylation is 2. The maximum atomic E-state index is 12.3. The standard InChI is InChI=1S/C20H17IN2O.C13H12N2O.C7H7I/c21-17-8-2-1-5-14(17)10-11-16-13-19(24)23(16)18-9-3-6-15-7-4-12-22-20(15)18;1-2-5-12(16)15-11-8-3-6-10-7-4-9-14-13(10)11;1-6-4-2-3-5-7(6)8/h1-9,12,16H,10-11,13H2;2-4,6-9H,1,5H2,(H,15,16);2-5H,1H3. The number of anilines is 2. The van der Waals surface area contributed by atoms with E-state index in [1.54, 1.807) is 18.5 Å². The molecule has 48 heavy (non-hydrogen) atoms. The molecule has 4 aromatic carbocycles. The Labute approximate surface area is 309 Å². The van der Waals surface area contributed by atoms with E-state index in [-0.39, 0.29) is 17.9 Å². The lowest BCUT2D eigenvalue weighted by Crippen LogP contribution is -2.53. The number of rotatable bonds is 7. The monoisotopic (exact) mass is 858 g/mol. The summed E-state index contributed by atoms with van der Waals surface area (Å²) in [5, 5.41) is 4.90. The SMILES string of the molecule is C=CCC(=O)Nc1cccc2cccnc12.Cc1ccccc1I.O=C1CC(CCc2ccccc2I)N1c1cccc2cccnc12. The molecule has 0 radical (unpaired) electrons. The van der Waals surface area contributed by atoms with Crippen LogP contribution in [-0.4, -0.2) is 27.8 Å². The first-order valence-corrected chi connectivity index (χ1v) is 17.9. The number of para-hydroxylation sites is 2. The molecule has 0 bridgehead atoms. The number of amides is 2. The van der Waals surface area contributed by atoms with Crippen molar-refractivity contribution in [2.24, 2.45) is 0 Å². The van der Waals surface area contributed by atoms with Crippen LogP contribution in [0.5, 0.6) is 0 Å². The highest BCUT2D eigenvalue weighted by atomic mass is 127. The molecule has 1 aliphatic heterocycles. The summed E-state index contributed by atoms with van der Waals surface area (Å²) < 4.78 is 2.63. The van der Waals surface area contributed by atoms with E-state index in [0.29, 0.717) is 12.8 Å². The molecule has 0 spiro atoms. The van der Waals surface area contributed by atoms with Crippen molar-refractivity contribution in [3.63, 3.8) is 0 Å². The third-order valence-electron chi connectivity index (χ3n) is 7.93. The summed E-state index contributed by atoms with van der Waals surface area (Å²) in [5.74, 6) is 0.120. The molecule has 3 heterocycles. The number of hydrogen-bond acceptors (Lipinski definition) is 4. The van der Waals surface area contributed by atoms with Gasteiger partial charge < -0.3 is 10.2 Å². The molecule has 2 amide bonds. The number of fused-ring (bicyclic) bond motifs is 2. The van der Waals surface area contributed by atoms with Gasteiger partial charge in [-0.15, -0.1) is 6.58 Å². The van der Waals surface area contributed by atoms with Crippen LogP contribution < -0.4 is 10.2 Å². The highest BCUT2D eigenvalue weighted by Crippen LogP contribution is 2.35. The zero-order chi connectivity index (χ0) is 33.9. The molecule has 0 saturated carbocycles. The number of halogens is 2.